The Labute approximate surface area is 393 Å². The lowest BCUT2D eigenvalue weighted by Gasteiger charge is -2.64. The topological polar surface area (TPSA) is 128 Å². The Balaban J connectivity index is 0.895. The van der Waals surface area contributed by atoms with Crippen LogP contribution >= 0.6 is 0 Å². The SMILES string of the molecule is O=C(C[C@@H]1O[C@H](COCc2ccccc2)[C@@H](OCc2ccccc2)[C@H](OCc2ccccc2)[C@H]1OCc1ccccc1)N[C@H]1CC[C@@]2(O)[C@H]3Cc4ccc(O)c5c4[C@@]2(CCN3CC2CC2)[C@H]1O5. The lowest BCUT2D eigenvalue weighted by molar-refractivity contribution is -0.272. The van der Waals surface area contributed by atoms with Gasteiger partial charge >= 0.3 is 0 Å². The third-order valence-electron chi connectivity index (χ3n) is 15.5. The molecule has 3 heterocycles. The molecule has 10 atom stereocenters. The van der Waals surface area contributed by atoms with E-state index in [1.54, 1.807) is 6.07 Å². The molecule has 11 heteroatoms. The van der Waals surface area contributed by atoms with Crippen LogP contribution in [0.15, 0.2) is 133 Å². The molecular weight excluding hydrogens is 845 g/mol. The summed E-state index contributed by atoms with van der Waals surface area (Å²) in [4.78, 5) is 17.4. The molecule has 0 unspecified atom stereocenters. The van der Waals surface area contributed by atoms with Crippen LogP contribution < -0.4 is 10.1 Å². The first kappa shape index (κ1) is 44.4. The number of phenols is 1. The van der Waals surface area contributed by atoms with Crippen LogP contribution in [0, 0.1) is 5.92 Å². The molecule has 5 aromatic rings. The zero-order valence-corrected chi connectivity index (χ0v) is 38.0. The second kappa shape index (κ2) is 19.1. The van der Waals surface area contributed by atoms with Gasteiger partial charge < -0.3 is 44.0 Å². The molecule has 3 N–H and O–H groups in total. The molecule has 11 nitrogen and oxygen atoms in total. The summed E-state index contributed by atoms with van der Waals surface area (Å²) in [5.41, 5.74) is 4.24. The standard InChI is InChI=1S/C56H62N2O9/c59-44-24-23-42-29-47-56(61)26-25-43(54-55(56,49(42)50(44)67-54)27-28-58(47)31-37-21-22-37)57-48(60)30-45-51(63-33-39-15-7-2-8-16-39)53(65-35-41-19-11-4-12-20-41)52(64-34-40-17-9-3-10-18-40)46(66-45)36-62-32-38-13-5-1-6-14-38/h1-20,23-24,37,43,45-47,51-54,59,61H,21-22,25-36H2,(H,57,60)/t43-,45-,46+,47+,51-,52+,53+,54-,55-,56+/m0/s1. The van der Waals surface area contributed by atoms with Crippen LogP contribution in [0.5, 0.6) is 11.5 Å². The lowest BCUT2D eigenvalue weighted by atomic mass is 9.48. The van der Waals surface area contributed by atoms with E-state index in [0.717, 1.165) is 46.5 Å². The van der Waals surface area contributed by atoms with Crippen LogP contribution in [0.25, 0.3) is 0 Å². The van der Waals surface area contributed by atoms with Crippen LogP contribution in [0.2, 0.25) is 0 Å². The number of ether oxygens (including phenoxy) is 6. The summed E-state index contributed by atoms with van der Waals surface area (Å²) in [7, 11) is 0. The molecular formula is C56H62N2O9. The normalized spacial score (nSPS) is 30.6. The molecule has 350 valence electrons. The van der Waals surface area contributed by atoms with Crippen molar-refractivity contribution in [3.63, 3.8) is 0 Å². The number of rotatable bonds is 18. The maximum atomic E-state index is 14.9. The van der Waals surface area contributed by atoms with Crippen molar-refractivity contribution >= 4 is 5.91 Å². The molecule has 3 aliphatic heterocycles. The molecule has 0 aromatic heterocycles. The second-order valence-electron chi connectivity index (χ2n) is 19.7. The van der Waals surface area contributed by atoms with E-state index in [4.69, 9.17) is 28.4 Å². The van der Waals surface area contributed by atoms with Gasteiger partial charge in [0, 0.05) is 18.2 Å². The number of likely N-dealkylation sites (tertiary alicyclic amines) is 1. The smallest absolute Gasteiger partial charge is 0.223 e. The van der Waals surface area contributed by atoms with Gasteiger partial charge in [-0.1, -0.05) is 127 Å². The average Bonchev–Trinajstić information content (AvgIpc) is 4.10. The Bertz CT molecular complexity index is 2460. The fourth-order valence-electron chi connectivity index (χ4n) is 12.1. The fraction of sp³-hybridized carbons (Fsp3) is 0.446. The summed E-state index contributed by atoms with van der Waals surface area (Å²) in [5, 5.41) is 27.8. The molecule has 5 aromatic carbocycles. The highest BCUT2D eigenvalue weighted by molar-refractivity contribution is 5.77. The molecule has 6 aliphatic rings. The number of carbonyl (C=O) groups excluding carboxylic acids is 1. The van der Waals surface area contributed by atoms with Crippen molar-refractivity contribution in [3.8, 4) is 11.5 Å². The van der Waals surface area contributed by atoms with Gasteiger partial charge in [-0.15, -0.1) is 0 Å². The molecule has 2 bridgehead atoms. The highest BCUT2D eigenvalue weighted by Gasteiger charge is 2.73. The Morgan fingerprint density at radius 2 is 1.25 bits per heavy atom. The van der Waals surface area contributed by atoms with Gasteiger partial charge in [-0.2, -0.15) is 0 Å². The minimum Gasteiger partial charge on any atom is -0.504 e. The zero-order chi connectivity index (χ0) is 45.4. The Hall–Kier alpha value is -5.11. The minimum absolute atomic E-state index is 0.0348. The molecule has 4 fully saturated rings. The highest BCUT2D eigenvalue weighted by Crippen LogP contribution is 2.65. The summed E-state index contributed by atoms with van der Waals surface area (Å²) in [6.07, 6.45) is 0.925. The fourth-order valence-corrected chi connectivity index (χ4v) is 12.1. The molecule has 3 aliphatic carbocycles. The van der Waals surface area contributed by atoms with Gasteiger partial charge in [0.25, 0.3) is 0 Å². The zero-order valence-electron chi connectivity index (χ0n) is 38.0. The Kier molecular flexibility index (Phi) is 12.7. The van der Waals surface area contributed by atoms with Crippen molar-refractivity contribution in [1.82, 2.24) is 10.2 Å². The highest BCUT2D eigenvalue weighted by atomic mass is 16.6. The van der Waals surface area contributed by atoms with Gasteiger partial charge in [-0.3, -0.25) is 9.69 Å². The quantitative estimate of drug-likeness (QED) is 0.0811. The molecule has 1 spiro atoms. The first-order valence-corrected chi connectivity index (χ1v) is 24.4. The number of phenolic OH excluding ortho intramolecular Hbond substituents is 1. The summed E-state index contributed by atoms with van der Waals surface area (Å²) < 4.78 is 41.0. The van der Waals surface area contributed by atoms with Gasteiger partial charge in [0.2, 0.25) is 5.91 Å². The number of piperidine rings is 1. The van der Waals surface area contributed by atoms with E-state index >= 15 is 0 Å². The van der Waals surface area contributed by atoms with Crippen LogP contribution in [0.1, 0.15) is 71.9 Å². The third kappa shape index (κ3) is 8.80. The first-order valence-electron chi connectivity index (χ1n) is 24.4. The predicted octanol–water partition coefficient (Wildman–Crippen LogP) is 7.57. The van der Waals surface area contributed by atoms with Crippen molar-refractivity contribution in [2.45, 2.75) is 131 Å². The number of aliphatic hydroxyl groups is 1. The molecule has 2 saturated carbocycles. The van der Waals surface area contributed by atoms with Crippen molar-refractivity contribution in [2.24, 2.45) is 5.92 Å². The van der Waals surface area contributed by atoms with E-state index in [0.29, 0.717) is 57.2 Å². The Morgan fingerprint density at radius 3 is 1.85 bits per heavy atom. The Morgan fingerprint density at radius 1 is 0.687 bits per heavy atom. The number of nitrogens with zero attached hydrogens (tertiary/aromatic N) is 1. The number of carbonyl (C=O) groups is 1. The van der Waals surface area contributed by atoms with Gasteiger partial charge in [-0.25, -0.2) is 0 Å². The molecule has 1 amide bonds. The van der Waals surface area contributed by atoms with Crippen LogP contribution in [-0.2, 0) is 66.7 Å². The monoisotopic (exact) mass is 906 g/mol. The number of aromatic hydroxyl groups is 1. The summed E-state index contributed by atoms with van der Waals surface area (Å²) in [6, 6.07) is 43.4. The number of hydrogen-bond donors (Lipinski definition) is 3. The third-order valence-corrected chi connectivity index (χ3v) is 15.5. The van der Waals surface area contributed by atoms with E-state index in [-0.39, 0.29) is 37.3 Å². The predicted molar refractivity (Wildman–Crippen MR) is 251 cm³/mol. The number of nitrogens with one attached hydrogen (secondary N) is 1. The lowest BCUT2D eigenvalue weighted by Crippen LogP contribution is -2.78. The van der Waals surface area contributed by atoms with Gasteiger partial charge in [0.15, 0.2) is 11.5 Å². The number of benzene rings is 5. The molecule has 67 heavy (non-hydrogen) atoms. The molecule has 11 rings (SSSR count). The number of hydrogen-bond acceptors (Lipinski definition) is 10. The largest absolute Gasteiger partial charge is 0.504 e. The molecule has 2 saturated heterocycles. The maximum Gasteiger partial charge on any atom is 0.223 e. The average molecular weight is 907 g/mol. The molecule has 0 radical (unpaired) electrons. The van der Waals surface area contributed by atoms with Crippen molar-refractivity contribution in [2.75, 3.05) is 19.7 Å². The van der Waals surface area contributed by atoms with E-state index < -0.39 is 53.7 Å². The summed E-state index contributed by atoms with van der Waals surface area (Å²) in [6.45, 7) is 3.25. The van der Waals surface area contributed by atoms with Crippen molar-refractivity contribution in [1.29, 1.82) is 0 Å². The van der Waals surface area contributed by atoms with Crippen molar-refractivity contribution in [3.05, 3.63) is 167 Å². The van der Waals surface area contributed by atoms with Gasteiger partial charge in [-0.05, 0) is 84.9 Å². The van der Waals surface area contributed by atoms with Crippen LogP contribution in [0.3, 0.4) is 0 Å². The minimum atomic E-state index is -1.06. The van der Waals surface area contributed by atoms with Crippen molar-refractivity contribution < 1.29 is 43.4 Å². The second-order valence-corrected chi connectivity index (χ2v) is 19.7. The number of amides is 1. The van der Waals surface area contributed by atoms with Crippen LogP contribution in [0.4, 0.5) is 0 Å². The summed E-state index contributed by atoms with van der Waals surface area (Å²) in [5.74, 6) is 1.00. The van der Waals surface area contributed by atoms with Gasteiger partial charge in [0.05, 0.1) is 62.6 Å². The van der Waals surface area contributed by atoms with E-state index in [1.807, 2.05) is 127 Å². The van der Waals surface area contributed by atoms with E-state index in [2.05, 4.69) is 10.2 Å². The van der Waals surface area contributed by atoms with E-state index in [1.165, 1.54) is 12.8 Å². The summed E-state index contributed by atoms with van der Waals surface area (Å²) >= 11 is 0. The maximum absolute atomic E-state index is 14.9. The van der Waals surface area contributed by atoms with Crippen LogP contribution in [-0.4, -0.2) is 95.0 Å². The van der Waals surface area contributed by atoms with Gasteiger partial charge in [0.1, 0.15) is 30.5 Å². The first-order chi connectivity index (χ1) is 32.9. The van der Waals surface area contributed by atoms with E-state index in [9.17, 15) is 15.0 Å².